The zero-order valence-electron chi connectivity index (χ0n) is 15.3. The maximum Gasteiger partial charge on any atom is 0.259 e. The minimum atomic E-state index is -0.852. The number of aromatic nitrogens is 1. The number of para-hydroxylation sites is 1. The van der Waals surface area contributed by atoms with Crippen LogP contribution in [0.5, 0.6) is 0 Å². The molecule has 2 atom stereocenters. The number of aryl methyl sites for hydroxylation is 1. The number of fused-ring (bicyclic) bond motifs is 1. The molecule has 0 aliphatic carbocycles. The largest absolute Gasteiger partial charge is 0.390 e. The normalized spacial score (nSPS) is 25.1. The van der Waals surface area contributed by atoms with E-state index in [0.29, 0.717) is 37.7 Å². The molecule has 0 radical (unpaired) electrons. The Morgan fingerprint density at radius 3 is 2.70 bits per heavy atom. The lowest BCUT2D eigenvalue weighted by Crippen LogP contribution is -2.55. The predicted molar refractivity (Wildman–Crippen MR) is 99.8 cm³/mol. The highest BCUT2D eigenvalue weighted by Gasteiger charge is 2.43. The van der Waals surface area contributed by atoms with Crippen LogP contribution in [0.3, 0.4) is 0 Å². The molecule has 2 aliphatic rings. The van der Waals surface area contributed by atoms with Crippen LogP contribution in [-0.4, -0.2) is 63.5 Å². The molecule has 0 saturated carbocycles. The summed E-state index contributed by atoms with van der Waals surface area (Å²) in [7, 11) is 0. The quantitative estimate of drug-likeness (QED) is 0.692. The van der Waals surface area contributed by atoms with Gasteiger partial charge in [0.25, 0.3) is 5.91 Å². The zero-order chi connectivity index (χ0) is 19.2. The number of nitrogens with one attached hydrogen (secondary N) is 1. The van der Waals surface area contributed by atoms with Gasteiger partial charge in [-0.2, -0.15) is 0 Å². The molecule has 7 heteroatoms. The first-order chi connectivity index (χ1) is 12.9. The number of likely N-dealkylation sites (tertiary alicyclic amines) is 1. The molecule has 3 heterocycles. The van der Waals surface area contributed by atoms with E-state index in [9.17, 15) is 19.8 Å². The van der Waals surface area contributed by atoms with Gasteiger partial charge >= 0.3 is 0 Å². The Morgan fingerprint density at radius 2 is 2.00 bits per heavy atom. The molecule has 0 bridgehead atoms. The Labute approximate surface area is 156 Å². The molecule has 7 nitrogen and oxygen atoms in total. The number of H-pyrrole nitrogens is 1. The van der Waals surface area contributed by atoms with Gasteiger partial charge in [0.1, 0.15) is 11.7 Å². The van der Waals surface area contributed by atoms with Gasteiger partial charge in [0.15, 0.2) is 0 Å². The van der Waals surface area contributed by atoms with Crippen molar-refractivity contribution in [2.24, 2.45) is 0 Å². The van der Waals surface area contributed by atoms with Crippen LogP contribution in [0.15, 0.2) is 29.2 Å². The van der Waals surface area contributed by atoms with Gasteiger partial charge in [-0.25, -0.2) is 0 Å². The number of ether oxygens (including phenoxy) is 1. The van der Waals surface area contributed by atoms with Crippen LogP contribution in [0.2, 0.25) is 0 Å². The Balaban J connectivity index is 1.53. The van der Waals surface area contributed by atoms with Gasteiger partial charge in [0, 0.05) is 31.1 Å². The van der Waals surface area contributed by atoms with Crippen LogP contribution in [0, 0.1) is 6.92 Å². The lowest BCUT2D eigenvalue weighted by Gasteiger charge is -2.46. The Hall–Kier alpha value is -2.22. The average Bonchev–Trinajstić information content (AvgIpc) is 2.66. The van der Waals surface area contributed by atoms with E-state index in [0.717, 1.165) is 11.1 Å². The highest BCUT2D eigenvalue weighted by Crippen LogP contribution is 2.35. The van der Waals surface area contributed by atoms with E-state index in [-0.39, 0.29) is 23.5 Å². The van der Waals surface area contributed by atoms with E-state index in [1.54, 1.807) is 11.0 Å². The first kappa shape index (κ1) is 18.2. The summed E-state index contributed by atoms with van der Waals surface area (Å²) < 4.78 is 5.80. The van der Waals surface area contributed by atoms with Crippen molar-refractivity contribution in [3.8, 4) is 0 Å². The van der Waals surface area contributed by atoms with E-state index >= 15 is 0 Å². The lowest BCUT2D eigenvalue weighted by atomic mass is 9.82. The van der Waals surface area contributed by atoms with E-state index in [1.807, 2.05) is 19.1 Å². The number of piperidine rings is 1. The number of aliphatic hydroxyl groups excluding tert-OH is 2. The number of carbonyl (C=O) groups excluding carboxylic acids is 1. The molecule has 2 fully saturated rings. The minimum Gasteiger partial charge on any atom is -0.390 e. The average molecular weight is 372 g/mol. The minimum absolute atomic E-state index is 0.110. The monoisotopic (exact) mass is 372 g/mol. The van der Waals surface area contributed by atoms with Gasteiger partial charge in [0.05, 0.1) is 23.8 Å². The number of nitrogens with zero attached hydrogens (tertiary/aromatic N) is 1. The smallest absolute Gasteiger partial charge is 0.259 e. The molecule has 3 N–H and O–H groups in total. The highest BCUT2D eigenvalue weighted by atomic mass is 16.5. The van der Waals surface area contributed by atoms with Crippen LogP contribution in [0.4, 0.5) is 0 Å². The standard InChI is InChI=1S/C20H24N2O5/c1-12-3-2-4-13-17(12)21-10-14(18(13)25)19(26)22-7-5-20(6-8-22)9-15(23)16(24)11-27-20/h2-4,10,15-16,23-24H,5-9,11H2,1H3,(H,21,25)/t15-,16+/m1/s1. The molecule has 1 aromatic carbocycles. The molecule has 0 unspecified atom stereocenters. The summed E-state index contributed by atoms with van der Waals surface area (Å²) in [6.45, 7) is 2.93. The number of benzene rings is 1. The second-order valence-electron chi connectivity index (χ2n) is 7.65. The highest BCUT2D eigenvalue weighted by molar-refractivity contribution is 5.97. The van der Waals surface area contributed by atoms with Crippen molar-refractivity contribution < 1.29 is 19.7 Å². The summed E-state index contributed by atoms with van der Waals surface area (Å²) in [5, 5.41) is 20.1. The number of carbonyl (C=O) groups is 1. The molecule has 27 heavy (non-hydrogen) atoms. The molecule has 2 aromatic rings. The summed E-state index contributed by atoms with van der Waals surface area (Å²) >= 11 is 0. The predicted octanol–water partition coefficient (Wildman–Crippen LogP) is 0.953. The van der Waals surface area contributed by atoms with Gasteiger partial charge in [-0.1, -0.05) is 12.1 Å². The molecule has 144 valence electrons. The summed E-state index contributed by atoms with van der Waals surface area (Å²) in [6.07, 6.45) is 1.37. The molecule has 1 amide bonds. The van der Waals surface area contributed by atoms with Crippen LogP contribution in [-0.2, 0) is 4.74 Å². The second-order valence-corrected chi connectivity index (χ2v) is 7.65. The van der Waals surface area contributed by atoms with Crippen molar-refractivity contribution in [3.63, 3.8) is 0 Å². The number of aliphatic hydroxyl groups is 2. The second kappa shape index (κ2) is 6.74. The molecular weight excluding hydrogens is 348 g/mol. The number of hydrogen-bond acceptors (Lipinski definition) is 5. The molecule has 4 rings (SSSR count). The van der Waals surface area contributed by atoms with Crippen molar-refractivity contribution in [2.75, 3.05) is 19.7 Å². The molecule has 1 spiro atoms. The topological polar surface area (TPSA) is 103 Å². The van der Waals surface area contributed by atoms with Gasteiger partial charge in [-0.3, -0.25) is 9.59 Å². The number of rotatable bonds is 1. The molecular formula is C20H24N2O5. The van der Waals surface area contributed by atoms with Crippen molar-refractivity contribution in [3.05, 3.63) is 45.7 Å². The summed E-state index contributed by atoms with van der Waals surface area (Å²) in [6, 6.07) is 5.46. The fourth-order valence-corrected chi connectivity index (χ4v) is 4.15. The maximum absolute atomic E-state index is 12.9. The number of aromatic amines is 1. The third-order valence-corrected chi connectivity index (χ3v) is 5.90. The van der Waals surface area contributed by atoms with Crippen LogP contribution < -0.4 is 5.43 Å². The third-order valence-electron chi connectivity index (χ3n) is 5.90. The Kier molecular flexibility index (Phi) is 4.53. The Morgan fingerprint density at radius 1 is 1.26 bits per heavy atom. The SMILES string of the molecule is Cc1cccc2c(=O)c(C(=O)N3CCC4(CC3)C[C@@H](O)[C@@H](O)CO4)c[nH]c12. The van der Waals surface area contributed by atoms with Gasteiger partial charge in [-0.05, 0) is 31.4 Å². The van der Waals surface area contributed by atoms with Crippen molar-refractivity contribution >= 4 is 16.8 Å². The van der Waals surface area contributed by atoms with Crippen LogP contribution >= 0.6 is 0 Å². The lowest BCUT2D eigenvalue weighted by molar-refractivity contribution is -0.185. The summed E-state index contributed by atoms with van der Waals surface area (Å²) in [5.74, 6) is -0.286. The van der Waals surface area contributed by atoms with E-state index in [2.05, 4.69) is 4.98 Å². The summed E-state index contributed by atoms with van der Waals surface area (Å²) in [5.41, 5.74) is 1.09. The molecule has 1 aromatic heterocycles. The molecule has 2 aliphatic heterocycles. The van der Waals surface area contributed by atoms with Gasteiger partial charge < -0.3 is 24.8 Å². The van der Waals surface area contributed by atoms with E-state index in [4.69, 9.17) is 4.74 Å². The fourth-order valence-electron chi connectivity index (χ4n) is 4.15. The van der Waals surface area contributed by atoms with Gasteiger partial charge in [-0.15, -0.1) is 0 Å². The van der Waals surface area contributed by atoms with E-state index in [1.165, 1.54) is 6.20 Å². The fraction of sp³-hybridized carbons (Fsp3) is 0.500. The van der Waals surface area contributed by atoms with Crippen molar-refractivity contribution in [1.82, 2.24) is 9.88 Å². The number of amides is 1. The first-order valence-electron chi connectivity index (χ1n) is 9.31. The van der Waals surface area contributed by atoms with Crippen molar-refractivity contribution in [2.45, 2.75) is 44.0 Å². The zero-order valence-corrected chi connectivity index (χ0v) is 15.3. The van der Waals surface area contributed by atoms with E-state index < -0.39 is 17.8 Å². The van der Waals surface area contributed by atoms with Crippen LogP contribution in [0.25, 0.3) is 10.9 Å². The van der Waals surface area contributed by atoms with Crippen LogP contribution in [0.1, 0.15) is 35.2 Å². The summed E-state index contributed by atoms with van der Waals surface area (Å²) in [4.78, 5) is 30.4. The number of hydrogen-bond donors (Lipinski definition) is 3. The van der Waals surface area contributed by atoms with Crippen molar-refractivity contribution in [1.29, 1.82) is 0 Å². The number of pyridine rings is 1. The van der Waals surface area contributed by atoms with Gasteiger partial charge in [0.2, 0.25) is 5.43 Å². The molecule has 2 saturated heterocycles. The first-order valence-corrected chi connectivity index (χ1v) is 9.31. The third kappa shape index (κ3) is 3.16. The maximum atomic E-state index is 12.9. The Bertz CT molecular complexity index is 930.